The van der Waals surface area contributed by atoms with Crippen LogP contribution in [0.5, 0.6) is 11.8 Å². The number of aromatic nitrogens is 2. The van der Waals surface area contributed by atoms with Crippen LogP contribution in [0.3, 0.4) is 0 Å². The zero-order valence-corrected chi connectivity index (χ0v) is 21.8. The zero-order chi connectivity index (χ0) is 27.1. The van der Waals surface area contributed by atoms with Gasteiger partial charge in [0.25, 0.3) is 5.91 Å². The maximum Gasteiger partial charge on any atom is 0.318 e. The number of phenols is 1. The molecular weight excluding hydrogens is 505 g/mol. The Morgan fingerprint density at radius 3 is 2.90 bits per heavy atom. The fourth-order valence-electron chi connectivity index (χ4n) is 5.74. The number of fused-ring (bicyclic) bond motifs is 2. The van der Waals surface area contributed by atoms with Gasteiger partial charge in [0.1, 0.15) is 29.6 Å². The van der Waals surface area contributed by atoms with E-state index in [2.05, 4.69) is 15.3 Å². The molecule has 0 bridgehead atoms. The van der Waals surface area contributed by atoms with Gasteiger partial charge in [-0.25, -0.2) is 4.39 Å². The van der Waals surface area contributed by atoms with Crippen molar-refractivity contribution >= 4 is 28.2 Å². The number of carbonyl (C=O) groups is 1. The van der Waals surface area contributed by atoms with Crippen molar-refractivity contribution in [2.24, 2.45) is 0 Å². The second-order valence-electron chi connectivity index (χ2n) is 10.2. The molecule has 3 aliphatic rings. The molecule has 4 heterocycles. The highest BCUT2D eigenvalue weighted by atomic mass is 19.1. The van der Waals surface area contributed by atoms with E-state index >= 15 is 0 Å². The highest BCUT2D eigenvalue weighted by molar-refractivity contribution is 6.16. The maximum atomic E-state index is 14.8. The van der Waals surface area contributed by atoms with Crippen LogP contribution in [-0.4, -0.2) is 77.7 Å². The van der Waals surface area contributed by atoms with E-state index in [1.807, 2.05) is 11.8 Å². The van der Waals surface area contributed by atoms with Crippen LogP contribution in [0.15, 0.2) is 24.3 Å². The number of phenolic OH excluding ortho intramolecular Hbond substituents is 1. The number of β-amino-alcohol motifs (C(OH)–C–C–N with tert-alkyl or cyclic N) is 1. The van der Waals surface area contributed by atoms with Crippen molar-refractivity contribution in [3.8, 4) is 11.8 Å². The number of halogens is 1. The third-order valence-electron chi connectivity index (χ3n) is 7.62. The average Bonchev–Trinajstić information content (AvgIpc) is 3.36. The molecule has 0 spiro atoms. The summed E-state index contributed by atoms with van der Waals surface area (Å²) in [6, 6.07) is 6.22. The van der Waals surface area contributed by atoms with Crippen LogP contribution in [0.25, 0.3) is 10.8 Å². The molecular formula is C28H32FN5O5. The Morgan fingerprint density at radius 1 is 1.23 bits per heavy atom. The Labute approximate surface area is 225 Å². The first kappa shape index (κ1) is 25.7. The predicted octanol–water partition coefficient (Wildman–Crippen LogP) is 2.53. The summed E-state index contributed by atoms with van der Waals surface area (Å²) in [6.45, 7) is 5.15. The summed E-state index contributed by atoms with van der Waals surface area (Å²) in [6.07, 6.45) is 1.38. The number of amides is 1. The molecule has 3 aromatic rings. The molecule has 11 heteroatoms. The summed E-state index contributed by atoms with van der Waals surface area (Å²) in [7, 11) is 0. The number of rotatable bonds is 6. The first-order valence-electron chi connectivity index (χ1n) is 13.5. The van der Waals surface area contributed by atoms with Gasteiger partial charge in [0.2, 0.25) is 0 Å². The third-order valence-corrected chi connectivity index (χ3v) is 7.62. The molecule has 6 rings (SSSR count). The molecule has 10 nitrogen and oxygen atoms in total. The van der Waals surface area contributed by atoms with Gasteiger partial charge in [-0.05, 0) is 42.3 Å². The van der Waals surface area contributed by atoms with Crippen LogP contribution >= 0.6 is 0 Å². The Bertz CT molecular complexity index is 1410. The van der Waals surface area contributed by atoms with Gasteiger partial charge in [0.05, 0.1) is 30.6 Å². The molecule has 2 atom stereocenters. The maximum absolute atomic E-state index is 14.8. The van der Waals surface area contributed by atoms with E-state index in [1.54, 1.807) is 12.1 Å². The second-order valence-corrected chi connectivity index (χ2v) is 10.2. The first-order valence-corrected chi connectivity index (χ1v) is 13.5. The molecule has 3 N–H and O–H groups in total. The van der Waals surface area contributed by atoms with E-state index in [1.165, 1.54) is 17.0 Å². The number of nitrogens with zero attached hydrogens (tertiary/aromatic N) is 4. The van der Waals surface area contributed by atoms with Gasteiger partial charge >= 0.3 is 6.01 Å². The minimum atomic E-state index is -0.409. The van der Waals surface area contributed by atoms with E-state index < -0.39 is 6.10 Å². The Hall–Kier alpha value is -3.54. The SMILES string of the molecule is CCc1c(F)ccc2cc(O)cc(N3Cc4nc(OC[C@@H]5C[C@@H](O)CN5)nc(N5CCCOCC5)c4C3=O)c12. The van der Waals surface area contributed by atoms with Crippen LogP contribution in [0.1, 0.15) is 41.4 Å². The quantitative estimate of drug-likeness (QED) is 0.436. The first-order chi connectivity index (χ1) is 18.9. The molecule has 39 heavy (non-hydrogen) atoms. The highest BCUT2D eigenvalue weighted by Crippen LogP contribution is 2.41. The molecule has 206 valence electrons. The smallest absolute Gasteiger partial charge is 0.318 e. The number of aliphatic hydroxyl groups excluding tert-OH is 1. The lowest BCUT2D eigenvalue weighted by Gasteiger charge is -2.24. The van der Waals surface area contributed by atoms with Crippen molar-refractivity contribution in [1.29, 1.82) is 0 Å². The van der Waals surface area contributed by atoms with Crippen molar-refractivity contribution in [2.75, 3.05) is 49.3 Å². The average molecular weight is 538 g/mol. The van der Waals surface area contributed by atoms with Gasteiger partial charge in [-0.2, -0.15) is 9.97 Å². The highest BCUT2D eigenvalue weighted by Gasteiger charge is 2.37. The molecule has 1 aromatic heterocycles. The summed E-state index contributed by atoms with van der Waals surface area (Å²) < 4.78 is 26.4. The van der Waals surface area contributed by atoms with Gasteiger partial charge < -0.3 is 34.8 Å². The second kappa shape index (κ2) is 10.6. The molecule has 0 aliphatic carbocycles. The molecule has 0 unspecified atom stereocenters. The van der Waals surface area contributed by atoms with Gasteiger partial charge in [-0.1, -0.05) is 13.0 Å². The lowest BCUT2D eigenvalue weighted by molar-refractivity contribution is 0.0996. The monoisotopic (exact) mass is 537 g/mol. The molecule has 2 aromatic carbocycles. The number of carbonyl (C=O) groups excluding carboxylic acids is 1. The van der Waals surface area contributed by atoms with E-state index in [0.29, 0.717) is 84.8 Å². The van der Waals surface area contributed by atoms with Crippen LogP contribution in [-0.2, 0) is 17.7 Å². The predicted molar refractivity (Wildman–Crippen MR) is 143 cm³/mol. The normalized spacial score (nSPS) is 21.5. The number of hydrogen-bond acceptors (Lipinski definition) is 9. The molecule has 2 fully saturated rings. The number of aromatic hydroxyl groups is 1. The molecule has 2 saturated heterocycles. The molecule has 0 radical (unpaired) electrons. The number of aliphatic hydroxyl groups is 1. The third kappa shape index (κ3) is 4.86. The van der Waals surface area contributed by atoms with E-state index in [4.69, 9.17) is 9.47 Å². The van der Waals surface area contributed by atoms with Crippen molar-refractivity contribution in [3.63, 3.8) is 0 Å². The van der Waals surface area contributed by atoms with Crippen LogP contribution in [0.2, 0.25) is 0 Å². The fourth-order valence-corrected chi connectivity index (χ4v) is 5.74. The minimum Gasteiger partial charge on any atom is -0.508 e. The molecule has 3 aliphatic heterocycles. The van der Waals surface area contributed by atoms with Crippen LogP contribution < -0.4 is 19.9 Å². The fraction of sp³-hybridized carbons (Fsp3) is 0.464. The van der Waals surface area contributed by atoms with E-state index in [-0.39, 0.29) is 42.7 Å². The number of aryl methyl sites for hydroxylation is 1. The van der Waals surface area contributed by atoms with Gasteiger partial charge in [0, 0.05) is 43.7 Å². The van der Waals surface area contributed by atoms with Crippen molar-refractivity contribution in [3.05, 3.63) is 46.9 Å². The topological polar surface area (TPSA) is 120 Å². The largest absolute Gasteiger partial charge is 0.508 e. The number of ether oxygens (including phenoxy) is 2. The summed E-state index contributed by atoms with van der Waals surface area (Å²) >= 11 is 0. The van der Waals surface area contributed by atoms with Crippen LogP contribution in [0.4, 0.5) is 15.9 Å². The van der Waals surface area contributed by atoms with Gasteiger partial charge in [-0.3, -0.25) is 4.79 Å². The number of nitrogens with one attached hydrogen (secondary N) is 1. The molecule has 0 saturated carbocycles. The summed E-state index contributed by atoms with van der Waals surface area (Å²) in [5.41, 5.74) is 1.80. The number of hydrogen-bond donors (Lipinski definition) is 3. The van der Waals surface area contributed by atoms with Gasteiger partial charge in [-0.15, -0.1) is 0 Å². The Kier molecular flexibility index (Phi) is 6.96. The van der Waals surface area contributed by atoms with Crippen molar-refractivity contribution < 1.29 is 28.9 Å². The summed E-state index contributed by atoms with van der Waals surface area (Å²) in [5, 5.41) is 24.8. The summed E-state index contributed by atoms with van der Waals surface area (Å²) in [5.74, 6) is -0.192. The van der Waals surface area contributed by atoms with Gasteiger partial charge in [0.15, 0.2) is 0 Å². The van der Waals surface area contributed by atoms with E-state index in [9.17, 15) is 19.4 Å². The Balaban J connectivity index is 1.41. The lowest BCUT2D eigenvalue weighted by atomic mass is 9.99. The number of benzene rings is 2. The van der Waals surface area contributed by atoms with E-state index in [0.717, 1.165) is 6.42 Å². The molecule has 1 amide bonds. The number of anilines is 2. The minimum absolute atomic E-state index is 0.0128. The Morgan fingerprint density at radius 2 is 2.10 bits per heavy atom. The van der Waals surface area contributed by atoms with Crippen molar-refractivity contribution in [1.82, 2.24) is 15.3 Å². The standard InChI is InChI=1S/C28H32FN5O5/c1-2-20-21(29)5-4-16-10-18(35)12-23(24(16)20)34-14-22-25(27(34)37)26(33-6-3-8-38-9-7-33)32-28(31-22)39-15-17-11-19(36)13-30-17/h4-5,10,12,17,19,30,35-36H,2-3,6-9,11,13-15H2,1H3/t17-,19+/m0/s1. The summed E-state index contributed by atoms with van der Waals surface area (Å²) in [4.78, 5) is 26.9. The lowest BCUT2D eigenvalue weighted by Crippen LogP contribution is -2.31. The zero-order valence-electron chi connectivity index (χ0n) is 21.8. The van der Waals surface area contributed by atoms with Crippen LogP contribution in [0, 0.1) is 5.82 Å². The van der Waals surface area contributed by atoms with Crippen molar-refractivity contribution in [2.45, 2.75) is 44.9 Å².